The van der Waals surface area contributed by atoms with Crippen LogP contribution in [0.15, 0.2) is 46.9 Å². The number of rotatable bonds is 4. The number of aryl methyl sites for hydroxylation is 1. The summed E-state index contributed by atoms with van der Waals surface area (Å²) in [7, 11) is 0. The minimum atomic E-state index is 0.0617. The first-order chi connectivity index (χ1) is 12.6. The van der Waals surface area contributed by atoms with Crippen LogP contribution in [0.5, 0.6) is 0 Å². The maximum Gasteiger partial charge on any atom is 0.246 e. The predicted octanol–water partition coefficient (Wildman–Crippen LogP) is 4.07. The Kier molecular flexibility index (Phi) is 4.58. The van der Waals surface area contributed by atoms with Gasteiger partial charge >= 0.3 is 0 Å². The van der Waals surface area contributed by atoms with Crippen LogP contribution in [0.1, 0.15) is 36.3 Å². The molecule has 2 aromatic rings. The van der Waals surface area contributed by atoms with Gasteiger partial charge in [0.25, 0.3) is 0 Å². The van der Waals surface area contributed by atoms with Crippen molar-refractivity contribution in [2.75, 3.05) is 31.1 Å². The molecule has 1 saturated carbocycles. The van der Waals surface area contributed by atoms with E-state index in [4.69, 9.17) is 4.42 Å². The SMILES string of the molecule is Cc1cccc(N2CCN(C(=O)/C=C/c3ccc(C4CC4C)o3)CC2)c1. The molecule has 0 radical (unpaired) electrons. The van der Waals surface area contributed by atoms with E-state index in [9.17, 15) is 4.79 Å². The Balaban J connectivity index is 1.31. The van der Waals surface area contributed by atoms with E-state index in [1.807, 2.05) is 17.0 Å². The maximum atomic E-state index is 12.5. The number of benzene rings is 1. The summed E-state index contributed by atoms with van der Waals surface area (Å²) in [4.78, 5) is 16.7. The van der Waals surface area contributed by atoms with Gasteiger partial charge in [-0.05, 0) is 55.2 Å². The van der Waals surface area contributed by atoms with E-state index >= 15 is 0 Å². The Bertz CT molecular complexity index is 815. The van der Waals surface area contributed by atoms with Crippen LogP contribution in [0.3, 0.4) is 0 Å². The van der Waals surface area contributed by atoms with Crippen molar-refractivity contribution in [1.29, 1.82) is 0 Å². The Hall–Kier alpha value is -2.49. The Morgan fingerprint density at radius 3 is 2.62 bits per heavy atom. The van der Waals surface area contributed by atoms with E-state index in [2.05, 4.69) is 43.0 Å². The molecule has 1 aromatic heterocycles. The lowest BCUT2D eigenvalue weighted by Crippen LogP contribution is -2.48. The monoisotopic (exact) mass is 350 g/mol. The van der Waals surface area contributed by atoms with E-state index in [1.165, 1.54) is 17.7 Å². The first-order valence-electron chi connectivity index (χ1n) is 9.48. The third kappa shape index (κ3) is 3.69. The molecule has 1 aromatic carbocycles. The third-order valence-corrected chi connectivity index (χ3v) is 5.47. The lowest BCUT2D eigenvalue weighted by atomic mass is 10.2. The van der Waals surface area contributed by atoms with Gasteiger partial charge in [-0.25, -0.2) is 0 Å². The van der Waals surface area contributed by atoms with Crippen molar-refractivity contribution in [1.82, 2.24) is 4.90 Å². The number of hydrogen-bond donors (Lipinski definition) is 0. The summed E-state index contributed by atoms with van der Waals surface area (Å²) in [6.45, 7) is 7.59. The van der Waals surface area contributed by atoms with E-state index in [0.29, 0.717) is 5.92 Å². The van der Waals surface area contributed by atoms with Gasteiger partial charge < -0.3 is 14.2 Å². The zero-order valence-corrected chi connectivity index (χ0v) is 15.5. The molecule has 4 heteroatoms. The van der Waals surface area contributed by atoms with Crippen LogP contribution < -0.4 is 4.90 Å². The van der Waals surface area contributed by atoms with Crippen LogP contribution in [0.4, 0.5) is 5.69 Å². The standard InChI is InChI=1S/C22H26N2O2/c1-16-4-3-5-18(14-16)23-10-12-24(13-11-23)22(25)9-7-19-6-8-21(26-19)20-15-17(20)2/h3-9,14,17,20H,10-13,15H2,1-2H3/b9-7+. The van der Waals surface area contributed by atoms with Crippen LogP contribution in [0.25, 0.3) is 6.08 Å². The van der Waals surface area contributed by atoms with Gasteiger partial charge in [-0.1, -0.05) is 19.1 Å². The van der Waals surface area contributed by atoms with Gasteiger partial charge in [0, 0.05) is 43.9 Å². The second-order valence-corrected chi connectivity index (χ2v) is 7.54. The molecule has 0 bridgehead atoms. The van der Waals surface area contributed by atoms with Crippen molar-refractivity contribution in [3.8, 4) is 0 Å². The largest absolute Gasteiger partial charge is 0.461 e. The highest BCUT2D eigenvalue weighted by atomic mass is 16.3. The zero-order chi connectivity index (χ0) is 18.1. The normalized spacial score (nSPS) is 22.8. The van der Waals surface area contributed by atoms with Crippen molar-refractivity contribution in [3.63, 3.8) is 0 Å². The van der Waals surface area contributed by atoms with Crippen LogP contribution in [-0.2, 0) is 4.79 Å². The Morgan fingerprint density at radius 2 is 1.92 bits per heavy atom. The quantitative estimate of drug-likeness (QED) is 0.780. The van der Waals surface area contributed by atoms with E-state index in [-0.39, 0.29) is 5.91 Å². The first kappa shape index (κ1) is 17.0. The molecule has 2 atom stereocenters. The minimum absolute atomic E-state index is 0.0617. The summed E-state index contributed by atoms with van der Waals surface area (Å²) in [6, 6.07) is 12.5. The number of carbonyl (C=O) groups is 1. The maximum absolute atomic E-state index is 12.5. The fourth-order valence-electron chi connectivity index (χ4n) is 3.64. The Labute approximate surface area is 155 Å². The summed E-state index contributed by atoms with van der Waals surface area (Å²) in [5.41, 5.74) is 2.51. The van der Waals surface area contributed by atoms with Crippen molar-refractivity contribution in [2.45, 2.75) is 26.2 Å². The number of hydrogen-bond acceptors (Lipinski definition) is 3. The van der Waals surface area contributed by atoms with Gasteiger partial charge in [-0.3, -0.25) is 4.79 Å². The van der Waals surface area contributed by atoms with Crippen LogP contribution in [-0.4, -0.2) is 37.0 Å². The summed E-state index contributed by atoms with van der Waals surface area (Å²) in [5, 5.41) is 0. The topological polar surface area (TPSA) is 36.7 Å². The molecule has 4 nitrogen and oxygen atoms in total. The first-order valence-corrected chi connectivity index (χ1v) is 9.48. The lowest BCUT2D eigenvalue weighted by Gasteiger charge is -2.35. The van der Waals surface area contributed by atoms with Gasteiger partial charge in [0.15, 0.2) is 0 Å². The molecule has 2 heterocycles. The van der Waals surface area contributed by atoms with Gasteiger partial charge in [0.05, 0.1) is 0 Å². The second-order valence-electron chi connectivity index (χ2n) is 7.54. The van der Waals surface area contributed by atoms with Crippen LogP contribution in [0, 0.1) is 12.8 Å². The highest BCUT2D eigenvalue weighted by molar-refractivity contribution is 5.91. The highest BCUT2D eigenvalue weighted by Gasteiger charge is 2.36. The highest BCUT2D eigenvalue weighted by Crippen LogP contribution is 2.47. The molecular formula is C22H26N2O2. The predicted molar refractivity (Wildman–Crippen MR) is 104 cm³/mol. The zero-order valence-electron chi connectivity index (χ0n) is 15.5. The molecule has 2 aliphatic rings. The molecule has 1 aliphatic carbocycles. The van der Waals surface area contributed by atoms with Gasteiger partial charge in [-0.15, -0.1) is 0 Å². The number of carbonyl (C=O) groups excluding carboxylic acids is 1. The molecular weight excluding hydrogens is 324 g/mol. The summed E-state index contributed by atoms with van der Waals surface area (Å²) in [6.07, 6.45) is 4.65. The number of nitrogens with zero attached hydrogens (tertiary/aromatic N) is 2. The van der Waals surface area contributed by atoms with Crippen molar-refractivity contribution >= 4 is 17.7 Å². The smallest absolute Gasteiger partial charge is 0.246 e. The number of amides is 1. The lowest BCUT2D eigenvalue weighted by molar-refractivity contribution is -0.126. The van der Waals surface area contributed by atoms with Crippen LogP contribution >= 0.6 is 0 Å². The van der Waals surface area contributed by atoms with Crippen LogP contribution in [0.2, 0.25) is 0 Å². The molecule has 136 valence electrons. The van der Waals surface area contributed by atoms with Crippen molar-refractivity contribution < 1.29 is 9.21 Å². The molecule has 2 fully saturated rings. The molecule has 1 amide bonds. The molecule has 26 heavy (non-hydrogen) atoms. The summed E-state index contributed by atoms with van der Waals surface area (Å²) >= 11 is 0. The molecule has 2 unspecified atom stereocenters. The average Bonchev–Trinajstić information content (AvgIpc) is 3.20. The van der Waals surface area contributed by atoms with E-state index < -0.39 is 0 Å². The number of anilines is 1. The molecule has 1 aliphatic heterocycles. The summed E-state index contributed by atoms with van der Waals surface area (Å²) < 4.78 is 5.84. The fourth-order valence-corrected chi connectivity index (χ4v) is 3.64. The number of furan rings is 1. The number of piperazine rings is 1. The molecule has 0 N–H and O–H groups in total. The van der Waals surface area contributed by atoms with Crippen molar-refractivity contribution in [2.24, 2.45) is 5.92 Å². The Morgan fingerprint density at radius 1 is 1.15 bits per heavy atom. The van der Waals surface area contributed by atoms with Gasteiger partial charge in [0.2, 0.25) is 5.91 Å². The minimum Gasteiger partial charge on any atom is -0.461 e. The van der Waals surface area contributed by atoms with Crippen molar-refractivity contribution in [3.05, 3.63) is 59.6 Å². The average molecular weight is 350 g/mol. The fraction of sp³-hybridized carbons (Fsp3) is 0.409. The van der Waals surface area contributed by atoms with E-state index in [1.54, 1.807) is 12.2 Å². The molecule has 1 saturated heterocycles. The third-order valence-electron chi connectivity index (χ3n) is 5.47. The molecule has 0 spiro atoms. The second kappa shape index (κ2) is 7.02. The van der Waals surface area contributed by atoms with E-state index in [0.717, 1.165) is 43.6 Å². The van der Waals surface area contributed by atoms with Gasteiger partial charge in [0.1, 0.15) is 11.5 Å². The summed E-state index contributed by atoms with van der Waals surface area (Å²) in [5.74, 6) is 3.18. The molecule has 4 rings (SSSR count). The van der Waals surface area contributed by atoms with Gasteiger partial charge in [-0.2, -0.15) is 0 Å².